The molecule has 1 N–H and O–H groups in total. The number of esters is 1. The molecule has 1 atom stereocenters. The fourth-order valence-corrected chi connectivity index (χ4v) is 2.72. The molecule has 4 nitrogen and oxygen atoms in total. The number of thiophene rings is 1. The average Bonchev–Trinajstić information content (AvgIpc) is 3.02. The van der Waals surface area contributed by atoms with E-state index in [1.54, 1.807) is 11.3 Å². The second-order valence-corrected chi connectivity index (χ2v) is 5.42. The fraction of sp³-hybridized carbons (Fsp3) is 0.312. The molecule has 0 aliphatic carbocycles. The molecule has 0 aliphatic rings. The molecular formula is C16H19NO3S. The first-order chi connectivity index (χ1) is 10.3. The highest BCUT2D eigenvalue weighted by Gasteiger charge is 2.24. The van der Waals surface area contributed by atoms with Crippen molar-refractivity contribution in [3.63, 3.8) is 0 Å². The molecule has 0 radical (unpaired) electrons. The van der Waals surface area contributed by atoms with Crippen LogP contribution in [-0.4, -0.2) is 19.7 Å². The van der Waals surface area contributed by atoms with Crippen LogP contribution in [0.4, 0.5) is 0 Å². The number of rotatable bonds is 7. The summed E-state index contributed by atoms with van der Waals surface area (Å²) in [4.78, 5) is 13.3. The quantitative estimate of drug-likeness (QED) is 0.798. The molecule has 0 aliphatic heterocycles. The number of ether oxygens (including phenoxy) is 2. The number of nitrogens with one attached hydrogen (secondary N) is 1. The Morgan fingerprint density at radius 3 is 2.76 bits per heavy atom. The predicted molar refractivity (Wildman–Crippen MR) is 83.5 cm³/mol. The minimum atomic E-state index is -0.542. The van der Waals surface area contributed by atoms with Crippen LogP contribution >= 0.6 is 11.3 Å². The molecule has 0 saturated carbocycles. The largest absolute Gasteiger partial charge is 0.494 e. The Morgan fingerprint density at radius 1 is 1.29 bits per heavy atom. The van der Waals surface area contributed by atoms with Crippen molar-refractivity contribution in [3.05, 3.63) is 52.2 Å². The van der Waals surface area contributed by atoms with Crippen molar-refractivity contribution in [2.24, 2.45) is 0 Å². The molecule has 1 aromatic carbocycles. The monoisotopic (exact) mass is 305 g/mol. The van der Waals surface area contributed by atoms with Gasteiger partial charge in [0.1, 0.15) is 11.8 Å². The van der Waals surface area contributed by atoms with E-state index in [-0.39, 0.29) is 5.97 Å². The summed E-state index contributed by atoms with van der Waals surface area (Å²) in [5, 5.41) is 5.26. The van der Waals surface area contributed by atoms with E-state index in [9.17, 15) is 4.79 Å². The van der Waals surface area contributed by atoms with Crippen molar-refractivity contribution >= 4 is 17.3 Å². The molecule has 0 fully saturated rings. The number of benzene rings is 1. The second kappa shape index (κ2) is 7.81. The molecule has 0 amide bonds. The summed E-state index contributed by atoms with van der Waals surface area (Å²) in [6.07, 6.45) is 0. The predicted octanol–water partition coefficient (Wildman–Crippen LogP) is 3.15. The van der Waals surface area contributed by atoms with E-state index in [0.29, 0.717) is 18.9 Å². The lowest BCUT2D eigenvalue weighted by Crippen LogP contribution is -2.29. The van der Waals surface area contributed by atoms with Crippen LogP contribution in [0, 0.1) is 0 Å². The zero-order valence-corrected chi connectivity index (χ0v) is 13.0. The van der Waals surface area contributed by atoms with Gasteiger partial charge in [0, 0.05) is 17.0 Å². The molecule has 112 valence electrons. The standard InChI is InChI=1S/C16H19NO3S/c1-3-20-14-9-5-4-8-13(14)15(16(18)19-2)17-11-12-7-6-10-21-12/h4-10,15,17H,3,11H2,1-2H3. The van der Waals surface area contributed by atoms with Gasteiger partial charge in [0.05, 0.1) is 13.7 Å². The Bertz CT molecular complexity index is 569. The van der Waals surface area contributed by atoms with Gasteiger partial charge in [-0.15, -0.1) is 11.3 Å². The molecule has 5 heteroatoms. The molecule has 1 unspecified atom stereocenters. The zero-order chi connectivity index (χ0) is 15.1. The lowest BCUT2D eigenvalue weighted by molar-refractivity contribution is -0.143. The number of carbonyl (C=O) groups excluding carboxylic acids is 1. The van der Waals surface area contributed by atoms with Crippen LogP contribution in [0.15, 0.2) is 41.8 Å². The van der Waals surface area contributed by atoms with Crippen LogP contribution in [0.25, 0.3) is 0 Å². The van der Waals surface area contributed by atoms with E-state index < -0.39 is 6.04 Å². The SMILES string of the molecule is CCOc1ccccc1C(NCc1cccs1)C(=O)OC. The van der Waals surface area contributed by atoms with E-state index >= 15 is 0 Å². The van der Waals surface area contributed by atoms with Gasteiger partial charge in [0.25, 0.3) is 0 Å². The first-order valence-corrected chi connectivity index (χ1v) is 7.69. The summed E-state index contributed by atoms with van der Waals surface area (Å²) in [6, 6.07) is 11.0. The second-order valence-electron chi connectivity index (χ2n) is 4.39. The highest BCUT2D eigenvalue weighted by Crippen LogP contribution is 2.26. The van der Waals surface area contributed by atoms with E-state index in [2.05, 4.69) is 5.32 Å². The van der Waals surface area contributed by atoms with Gasteiger partial charge in [-0.25, -0.2) is 4.79 Å². The van der Waals surface area contributed by atoms with Gasteiger partial charge in [0.15, 0.2) is 0 Å². The number of hydrogen-bond donors (Lipinski definition) is 1. The Hall–Kier alpha value is -1.85. The van der Waals surface area contributed by atoms with Gasteiger partial charge in [-0.05, 0) is 24.4 Å². The van der Waals surface area contributed by atoms with Crippen LogP contribution in [0.2, 0.25) is 0 Å². The van der Waals surface area contributed by atoms with Crippen LogP contribution in [0.5, 0.6) is 5.75 Å². The number of methoxy groups -OCH3 is 1. The average molecular weight is 305 g/mol. The summed E-state index contributed by atoms with van der Waals surface area (Å²) in [5.41, 5.74) is 0.794. The summed E-state index contributed by atoms with van der Waals surface area (Å²) >= 11 is 1.65. The van der Waals surface area contributed by atoms with Crippen molar-refractivity contribution in [1.29, 1.82) is 0 Å². The van der Waals surface area contributed by atoms with Crippen molar-refractivity contribution in [2.45, 2.75) is 19.5 Å². The Kier molecular flexibility index (Phi) is 5.78. The third kappa shape index (κ3) is 4.06. The van der Waals surface area contributed by atoms with E-state index in [1.165, 1.54) is 7.11 Å². The maximum absolute atomic E-state index is 12.1. The van der Waals surface area contributed by atoms with Gasteiger partial charge in [-0.3, -0.25) is 5.32 Å². The van der Waals surface area contributed by atoms with Crippen molar-refractivity contribution in [3.8, 4) is 5.75 Å². The molecule has 2 aromatic rings. The lowest BCUT2D eigenvalue weighted by Gasteiger charge is -2.19. The normalized spacial score (nSPS) is 11.9. The number of hydrogen-bond acceptors (Lipinski definition) is 5. The molecule has 0 spiro atoms. The van der Waals surface area contributed by atoms with E-state index in [4.69, 9.17) is 9.47 Å². The fourth-order valence-electron chi connectivity index (χ4n) is 2.06. The van der Waals surface area contributed by atoms with E-state index in [0.717, 1.165) is 10.4 Å². The molecular weight excluding hydrogens is 286 g/mol. The zero-order valence-electron chi connectivity index (χ0n) is 12.2. The highest BCUT2D eigenvalue weighted by atomic mass is 32.1. The molecule has 1 aromatic heterocycles. The van der Waals surface area contributed by atoms with Gasteiger partial charge in [0.2, 0.25) is 0 Å². The Labute approximate surface area is 128 Å². The Morgan fingerprint density at radius 2 is 2.10 bits per heavy atom. The van der Waals surface area contributed by atoms with Crippen LogP contribution in [0.1, 0.15) is 23.4 Å². The highest BCUT2D eigenvalue weighted by molar-refractivity contribution is 7.09. The molecule has 2 rings (SSSR count). The first-order valence-electron chi connectivity index (χ1n) is 6.81. The molecule has 21 heavy (non-hydrogen) atoms. The maximum atomic E-state index is 12.1. The smallest absolute Gasteiger partial charge is 0.327 e. The summed E-state index contributed by atoms with van der Waals surface area (Å²) in [6.45, 7) is 3.08. The van der Waals surface area contributed by atoms with Crippen LogP contribution < -0.4 is 10.1 Å². The van der Waals surface area contributed by atoms with Gasteiger partial charge < -0.3 is 9.47 Å². The molecule has 0 bridgehead atoms. The number of carbonyl (C=O) groups is 1. The van der Waals surface area contributed by atoms with Crippen molar-refractivity contribution in [1.82, 2.24) is 5.32 Å². The van der Waals surface area contributed by atoms with Crippen LogP contribution in [0.3, 0.4) is 0 Å². The minimum Gasteiger partial charge on any atom is -0.494 e. The van der Waals surface area contributed by atoms with Crippen LogP contribution in [-0.2, 0) is 16.1 Å². The first kappa shape index (κ1) is 15.5. The Balaban J connectivity index is 2.21. The third-order valence-electron chi connectivity index (χ3n) is 3.03. The maximum Gasteiger partial charge on any atom is 0.327 e. The van der Waals surface area contributed by atoms with Gasteiger partial charge >= 0.3 is 5.97 Å². The van der Waals surface area contributed by atoms with Crippen molar-refractivity contribution in [2.75, 3.05) is 13.7 Å². The third-order valence-corrected chi connectivity index (χ3v) is 3.90. The minimum absolute atomic E-state index is 0.321. The molecule has 0 saturated heterocycles. The summed E-state index contributed by atoms with van der Waals surface area (Å²) in [7, 11) is 1.39. The molecule has 1 heterocycles. The summed E-state index contributed by atoms with van der Waals surface area (Å²) < 4.78 is 10.5. The topological polar surface area (TPSA) is 47.6 Å². The summed E-state index contributed by atoms with van der Waals surface area (Å²) in [5.74, 6) is 0.382. The van der Waals surface area contributed by atoms with Crippen molar-refractivity contribution < 1.29 is 14.3 Å². The number of para-hydroxylation sites is 1. The lowest BCUT2D eigenvalue weighted by atomic mass is 10.1. The van der Waals surface area contributed by atoms with E-state index in [1.807, 2.05) is 48.7 Å². The van der Waals surface area contributed by atoms with Gasteiger partial charge in [-0.2, -0.15) is 0 Å². The van der Waals surface area contributed by atoms with Gasteiger partial charge in [-0.1, -0.05) is 24.3 Å².